The molecule has 0 saturated heterocycles. The fourth-order valence-electron chi connectivity index (χ4n) is 5.41. The number of fused-ring (bicyclic) bond motifs is 2. The molecule has 9 heteroatoms. The Morgan fingerprint density at radius 2 is 1.81 bits per heavy atom. The van der Waals surface area contributed by atoms with Crippen molar-refractivity contribution in [2.75, 3.05) is 6.26 Å². The zero-order valence-electron chi connectivity index (χ0n) is 24.2. The summed E-state index contributed by atoms with van der Waals surface area (Å²) in [6.45, 7) is 6.15. The minimum absolute atomic E-state index is 0.185. The molecule has 0 unspecified atom stereocenters. The van der Waals surface area contributed by atoms with Gasteiger partial charge in [-0.2, -0.15) is 0 Å². The van der Waals surface area contributed by atoms with Crippen LogP contribution in [0.5, 0.6) is 0 Å². The van der Waals surface area contributed by atoms with E-state index in [1.807, 2.05) is 81.6 Å². The molecule has 0 bridgehead atoms. The zero-order valence-corrected chi connectivity index (χ0v) is 27.4. The summed E-state index contributed by atoms with van der Waals surface area (Å²) in [5.41, 5.74) is 4.81. The van der Waals surface area contributed by atoms with Gasteiger partial charge < -0.3 is 9.30 Å². The number of carbonyl (C=O) groups excluding carboxylic acids is 1. The van der Waals surface area contributed by atoms with Gasteiger partial charge in [-0.3, -0.25) is 9.36 Å². The van der Waals surface area contributed by atoms with Crippen LogP contribution in [-0.2, 0) is 16.1 Å². The molecule has 3 heterocycles. The molecule has 0 radical (unpaired) electrons. The van der Waals surface area contributed by atoms with Crippen LogP contribution < -0.4 is 14.9 Å². The van der Waals surface area contributed by atoms with E-state index in [2.05, 4.69) is 51.0 Å². The number of benzene rings is 3. The second-order valence-electron chi connectivity index (χ2n) is 10.7. The second-order valence-corrected chi connectivity index (χ2v) is 13.5. The largest absolute Gasteiger partial charge is 0.459 e. The molecule has 1 atom stereocenters. The van der Waals surface area contributed by atoms with Gasteiger partial charge in [0.25, 0.3) is 5.56 Å². The molecule has 6 rings (SSSR count). The van der Waals surface area contributed by atoms with Crippen molar-refractivity contribution in [3.8, 4) is 0 Å². The third kappa shape index (κ3) is 5.81. The zero-order chi connectivity index (χ0) is 30.2. The van der Waals surface area contributed by atoms with Crippen molar-refractivity contribution >= 4 is 62.0 Å². The average Bonchev–Trinajstić information content (AvgIpc) is 3.49. The summed E-state index contributed by atoms with van der Waals surface area (Å²) >= 11 is 6.50. The van der Waals surface area contributed by atoms with Crippen LogP contribution in [0.3, 0.4) is 0 Å². The van der Waals surface area contributed by atoms with Gasteiger partial charge in [-0.05, 0) is 74.6 Å². The first-order valence-electron chi connectivity index (χ1n) is 13.9. The third-order valence-electron chi connectivity index (χ3n) is 7.39. The van der Waals surface area contributed by atoms with E-state index in [0.717, 1.165) is 31.4 Å². The summed E-state index contributed by atoms with van der Waals surface area (Å²) in [5.74, 6) is -0.458. The van der Waals surface area contributed by atoms with E-state index in [9.17, 15) is 9.59 Å². The van der Waals surface area contributed by atoms with E-state index < -0.39 is 12.0 Å². The topological polar surface area (TPSA) is 65.6 Å². The van der Waals surface area contributed by atoms with Crippen molar-refractivity contribution in [3.63, 3.8) is 0 Å². The van der Waals surface area contributed by atoms with Gasteiger partial charge in [0.15, 0.2) is 4.80 Å². The van der Waals surface area contributed by atoms with Crippen LogP contribution in [0.25, 0.3) is 17.0 Å². The van der Waals surface area contributed by atoms with Gasteiger partial charge in [0.1, 0.15) is 0 Å². The molecule has 1 aliphatic rings. The number of carbonyl (C=O) groups is 1. The Hall–Kier alpha value is -3.66. The molecule has 5 aromatic rings. The molecule has 218 valence electrons. The first-order chi connectivity index (χ1) is 20.7. The van der Waals surface area contributed by atoms with Gasteiger partial charge in [-0.25, -0.2) is 9.79 Å². The number of aromatic nitrogens is 2. The van der Waals surface area contributed by atoms with Crippen LogP contribution in [0.1, 0.15) is 43.5 Å². The van der Waals surface area contributed by atoms with Crippen molar-refractivity contribution in [2.45, 2.75) is 44.4 Å². The van der Waals surface area contributed by atoms with Crippen LogP contribution in [0.15, 0.2) is 109 Å². The highest BCUT2D eigenvalue weighted by Gasteiger charge is 2.33. The van der Waals surface area contributed by atoms with E-state index in [4.69, 9.17) is 9.73 Å². The average molecular weight is 673 g/mol. The lowest BCUT2D eigenvalue weighted by Gasteiger charge is -2.25. The lowest BCUT2D eigenvalue weighted by molar-refractivity contribution is -0.143. The highest BCUT2D eigenvalue weighted by atomic mass is 79.9. The normalized spacial score (nSPS) is 15.2. The van der Waals surface area contributed by atoms with Gasteiger partial charge in [-0.15, -0.1) is 11.8 Å². The van der Waals surface area contributed by atoms with Gasteiger partial charge in [0.05, 0.1) is 27.9 Å². The van der Waals surface area contributed by atoms with E-state index in [1.54, 1.807) is 16.3 Å². The molecule has 0 saturated carbocycles. The Bertz CT molecular complexity index is 2050. The quantitative estimate of drug-likeness (QED) is 0.143. The summed E-state index contributed by atoms with van der Waals surface area (Å²) in [5, 5.41) is 1.06. The Labute approximate surface area is 266 Å². The number of ether oxygens (including phenoxy) is 1. The molecular formula is C34H30BrN3O3S2. The van der Waals surface area contributed by atoms with Gasteiger partial charge in [0, 0.05) is 38.6 Å². The molecule has 3 aromatic carbocycles. The van der Waals surface area contributed by atoms with Crippen LogP contribution in [0.4, 0.5) is 0 Å². The Morgan fingerprint density at radius 3 is 2.51 bits per heavy atom. The van der Waals surface area contributed by atoms with Crippen molar-refractivity contribution in [1.82, 2.24) is 9.13 Å². The van der Waals surface area contributed by atoms with Crippen molar-refractivity contribution in [3.05, 3.63) is 131 Å². The summed E-state index contributed by atoms with van der Waals surface area (Å²) in [6, 6.07) is 23.8. The maximum atomic E-state index is 14.2. The maximum absolute atomic E-state index is 14.2. The number of rotatable bonds is 7. The number of hydrogen-bond acceptors (Lipinski definition) is 6. The monoisotopic (exact) mass is 671 g/mol. The van der Waals surface area contributed by atoms with Gasteiger partial charge in [0.2, 0.25) is 0 Å². The van der Waals surface area contributed by atoms with Gasteiger partial charge in [-0.1, -0.05) is 69.7 Å². The summed E-state index contributed by atoms with van der Waals surface area (Å²) in [4.78, 5) is 34.0. The number of para-hydroxylation sites is 1. The van der Waals surface area contributed by atoms with Gasteiger partial charge >= 0.3 is 5.97 Å². The van der Waals surface area contributed by atoms with E-state index in [1.165, 1.54) is 16.9 Å². The number of esters is 1. The molecule has 0 N–H and O–H groups in total. The molecule has 43 heavy (non-hydrogen) atoms. The first kappa shape index (κ1) is 29.4. The second kappa shape index (κ2) is 12.1. The molecule has 6 nitrogen and oxygen atoms in total. The minimum atomic E-state index is -0.640. The van der Waals surface area contributed by atoms with Crippen LogP contribution in [0, 0.1) is 0 Å². The first-order valence-corrected chi connectivity index (χ1v) is 16.8. The number of halogens is 1. The maximum Gasteiger partial charge on any atom is 0.338 e. The van der Waals surface area contributed by atoms with E-state index in [-0.39, 0.29) is 11.7 Å². The van der Waals surface area contributed by atoms with E-state index in [0.29, 0.717) is 27.1 Å². The van der Waals surface area contributed by atoms with Crippen LogP contribution in [0.2, 0.25) is 0 Å². The number of thioether (sulfide) groups is 1. The summed E-state index contributed by atoms with van der Waals surface area (Å²) < 4.78 is 11.1. The molecule has 0 amide bonds. The molecule has 0 aliphatic carbocycles. The Kier molecular flexibility index (Phi) is 8.31. The van der Waals surface area contributed by atoms with Crippen molar-refractivity contribution in [2.24, 2.45) is 4.99 Å². The van der Waals surface area contributed by atoms with Crippen LogP contribution in [-0.4, -0.2) is 27.5 Å². The molecule has 2 aromatic heterocycles. The highest BCUT2D eigenvalue weighted by molar-refractivity contribution is 9.10. The highest BCUT2D eigenvalue weighted by Crippen LogP contribution is 2.32. The Morgan fingerprint density at radius 1 is 1.09 bits per heavy atom. The van der Waals surface area contributed by atoms with Crippen molar-refractivity contribution < 1.29 is 9.53 Å². The molecule has 0 spiro atoms. The number of nitrogens with zero attached hydrogens (tertiary/aromatic N) is 3. The predicted molar refractivity (Wildman–Crippen MR) is 178 cm³/mol. The SMILES string of the molecule is CSc1ccc([C@H]2C(C(=O)OC(C)C)=C(C)N=c3s/c(=C/c4cn(Cc5ccc(Br)cc5)c5ccccc45)c(=O)n32)cc1. The number of thiazole rings is 1. The lowest BCUT2D eigenvalue weighted by atomic mass is 9.96. The summed E-state index contributed by atoms with van der Waals surface area (Å²) in [7, 11) is 0. The fraction of sp³-hybridized carbons (Fsp3) is 0.206. The van der Waals surface area contributed by atoms with Crippen molar-refractivity contribution in [1.29, 1.82) is 0 Å². The number of hydrogen-bond donors (Lipinski definition) is 0. The fourth-order valence-corrected chi connectivity index (χ4v) is 7.12. The summed E-state index contributed by atoms with van der Waals surface area (Å²) in [6.07, 6.45) is 5.76. The predicted octanol–water partition coefficient (Wildman–Crippen LogP) is 6.67. The van der Waals surface area contributed by atoms with E-state index >= 15 is 0 Å². The van der Waals surface area contributed by atoms with Crippen LogP contribution >= 0.6 is 39.0 Å². The third-order valence-corrected chi connectivity index (χ3v) is 9.64. The Balaban J connectivity index is 1.50. The molecular weight excluding hydrogens is 642 g/mol. The number of allylic oxidation sites excluding steroid dienone is 1. The smallest absolute Gasteiger partial charge is 0.338 e. The lowest BCUT2D eigenvalue weighted by Crippen LogP contribution is -2.40. The molecule has 0 fully saturated rings. The standard InChI is InChI=1S/C34H30BrN3O3S2/c1-20(2)41-33(40)30-21(3)36-34-38(31(30)23-11-15-26(42-4)16-12-23)32(39)29(43-34)17-24-19-37(28-8-6-5-7-27(24)28)18-22-9-13-25(35)14-10-22/h5-17,19-20,31H,18H2,1-4H3/b29-17+/t31-/m0/s1. The molecule has 1 aliphatic heterocycles. The minimum Gasteiger partial charge on any atom is -0.459 e.